The molecule has 0 saturated heterocycles. The molecule has 1 amide bonds. The Morgan fingerprint density at radius 1 is 1.22 bits per heavy atom. The third-order valence-electron chi connectivity index (χ3n) is 3.99. The van der Waals surface area contributed by atoms with Gasteiger partial charge in [0.1, 0.15) is 5.75 Å². The third-order valence-corrected chi connectivity index (χ3v) is 3.99. The number of hydrogen-bond donors (Lipinski definition) is 1. The van der Waals surface area contributed by atoms with Crippen molar-refractivity contribution in [1.29, 1.82) is 0 Å². The van der Waals surface area contributed by atoms with E-state index in [2.05, 4.69) is 5.32 Å². The molecule has 18 heavy (non-hydrogen) atoms. The fraction of sp³-hybridized carbons (Fsp3) is 0.533. The van der Waals surface area contributed by atoms with E-state index in [0.29, 0.717) is 5.92 Å². The molecule has 1 aromatic carbocycles. The molecule has 1 aliphatic heterocycles. The highest BCUT2D eigenvalue weighted by atomic mass is 16.5. The Balaban J connectivity index is 1.83. The quantitative estimate of drug-likeness (QED) is 0.824. The second kappa shape index (κ2) is 4.63. The van der Waals surface area contributed by atoms with Crippen LogP contribution in [0.25, 0.3) is 0 Å². The van der Waals surface area contributed by atoms with Crippen LogP contribution >= 0.6 is 0 Å². The summed E-state index contributed by atoms with van der Waals surface area (Å²) in [7, 11) is 0. The van der Waals surface area contributed by atoms with E-state index in [9.17, 15) is 4.79 Å². The molecular weight excluding hydrogens is 226 g/mol. The summed E-state index contributed by atoms with van der Waals surface area (Å²) in [5, 5.41) is 2.97. The molecule has 2 aliphatic rings. The van der Waals surface area contributed by atoms with E-state index in [4.69, 9.17) is 4.74 Å². The Kier molecular flexibility index (Phi) is 2.98. The zero-order valence-electron chi connectivity index (χ0n) is 10.7. The number of carbonyl (C=O) groups excluding carboxylic acids is 1. The van der Waals surface area contributed by atoms with Crippen LogP contribution in [0.5, 0.6) is 5.75 Å². The number of benzene rings is 1. The number of hydrogen-bond acceptors (Lipinski definition) is 2. The van der Waals surface area contributed by atoms with Crippen LogP contribution in [0.15, 0.2) is 18.2 Å². The molecule has 1 N–H and O–H groups in total. The molecule has 3 rings (SSSR count). The number of anilines is 1. The van der Waals surface area contributed by atoms with Crippen molar-refractivity contribution < 1.29 is 9.53 Å². The van der Waals surface area contributed by atoms with Gasteiger partial charge in [0.05, 0.1) is 5.69 Å². The molecule has 1 heterocycles. The third kappa shape index (κ3) is 2.09. The van der Waals surface area contributed by atoms with E-state index in [-0.39, 0.29) is 12.0 Å². The Morgan fingerprint density at radius 2 is 2.00 bits per heavy atom. The van der Waals surface area contributed by atoms with Gasteiger partial charge in [-0.3, -0.25) is 4.79 Å². The predicted octanol–water partition coefficient (Wildman–Crippen LogP) is 3.27. The van der Waals surface area contributed by atoms with Gasteiger partial charge in [-0.15, -0.1) is 0 Å². The lowest BCUT2D eigenvalue weighted by atomic mass is 9.84. The fourth-order valence-corrected chi connectivity index (χ4v) is 2.97. The summed E-state index contributed by atoms with van der Waals surface area (Å²) in [4.78, 5) is 12.1. The van der Waals surface area contributed by atoms with Crippen LogP contribution in [0, 0.1) is 12.8 Å². The molecule has 0 aromatic heterocycles. The van der Waals surface area contributed by atoms with Crippen LogP contribution in [0.4, 0.5) is 5.69 Å². The molecule has 1 aromatic rings. The van der Waals surface area contributed by atoms with Crippen LogP contribution in [0.1, 0.15) is 37.7 Å². The Hall–Kier alpha value is -1.51. The number of carbonyl (C=O) groups is 1. The summed E-state index contributed by atoms with van der Waals surface area (Å²) < 4.78 is 5.95. The van der Waals surface area contributed by atoms with Gasteiger partial charge in [-0.2, -0.15) is 0 Å². The van der Waals surface area contributed by atoms with E-state index < -0.39 is 0 Å². The van der Waals surface area contributed by atoms with Crippen molar-refractivity contribution in [3.63, 3.8) is 0 Å². The van der Waals surface area contributed by atoms with Gasteiger partial charge >= 0.3 is 0 Å². The summed E-state index contributed by atoms with van der Waals surface area (Å²) in [6.45, 7) is 2.04. The molecule has 1 atom stereocenters. The molecule has 1 unspecified atom stereocenters. The van der Waals surface area contributed by atoms with Gasteiger partial charge in [0.15, 0.2) is 6.10 Å². The smallest absolute Gasteiger partial charge is 0.265 e. The lowest BCUT2D eigenvalue weighted by Crippen LogP contribution is -2.43. The largest absolute Gasteiger partial charge is 0.478 e. The van der Waals surface area contributed by atoms with E-state index in [1.165, 1.54) is 19.3 Å². The average molecular weight is 245 g/mol. The zero-order valence-corrected chi connectivity index (χ0v) is 10.7. The minimum Gasteiger partial charge on any atom is -0.478 e. The second-order valence-electron chi connectivity index (χ2n) is 5.43. The van der Waals surface area contributed by atoms with Crippen molar-refractivity contribution >= 4 is 11.6 Å². The van der Waals surface area contributed by atoms with Crippen molar-refractivity contribution in [2.75, 3.05) is 5.32 Å². The molecule has 1 fully saturated rings. The lowest BCUT2D eigenvalue weighted by Gasteiger charge is -2.33. The van der Waals surface area contributed by atoms with Crippen LogP contribution in [-0.4, -0.2) is 12.0 Å². The van der Waals surface area contributed by atoms with Crippen molar-refractivity contribution in [1.82, 2.24) is 0 Å². The fourth-order valence-electron chi connectivity index (χ4n) is 2.97. The first kappa shape index (κ1) is 11.6. The zero-order chi connectivity index (χ0) is 12.5. The summed E-state index contributed by atoms with van der Waals surface area (Å²) >= 11 is 0. The van der Waals surface area contributed by atoms with Gasteiger partial charge in [-0.05, 0) is 37.5 Å². The van der Waals surface area contributed by atoms with E-state index >= 15 is 0 Å². The summed E-state index contributed by atoms with van der Waals surface area (Å²) in [5.74, 6) is 1.23. The van der Waals surface area contributed by atoms with Crippen molar-refractivity contribution in [3.05, 3.63) is 23.8 Å². The van der Waals surface area contributed by atoms with Gasteiger partial charge in [0, 0.05) is 5.92 Å². The molecular formula is C15H19NO2. The van der Waals surface area contributed by atoms with Gasteiger partial charge in [0.2, 0.25) is 0 Å². The first-order valence-corrected chi connectivity index (χ1v) is 6.82. The lowest BCUT2D eigenvalue weighted by molar-refractivity contribution is -0.126. The van der Waals surface area contributed by atoms with Crippen LogP contribution in [0.3, 0.4) is 0 Å². The van der Waals surface area contributed by atoms with Crippen LogP contribution in [-0.2, 0) is 4.79 Å². The van der Waals surface area contributed by atoms with E-state index in [0.717, 1.165) is 29.8 Å². The van der Waals surface area contributed by atoms with Crippen molar-refractivity contribution in [2.24, 2.45) is 5.92 Å². The SMILES string of the molecule is Cc1ccc2c(c1)OC(C1CCCCC1)C(=O)N2. The van der Waals surface area contributed by atoms with E-state index in [1.54, 1.807) is 0 Å². The summed E-state index contributed by atoms with van der Waals surface area (Å²) in [5.41, 5.74) is 1.96. The number of aryl methyl sites for hydroxylation is 1. The summed E-state index contributed by atoms with van der Waals surface area (Å²) in [6.07, 6.45) is 5.66. The minimum atomic E-state index is -0.292. The number of nitrogens with one attached hydrogen (secondary N) is 1. The Labute approximate surface area is 108 Å². The normalized spacial score (nSPS) is 24.1. The Morgan fingerprint density at radius 3 is 2.78 bits per heavy atom. The maximum absolute atomic E-state index is 12.1. The number of fused-ring (bicyclic) bond motifs is 1. The number of amides is 1. The molecule has 1 saturated carbocycles. The molecule has 3 nitrogen and oxygen atoms in total. The molecule has 96 valence electrons. The first-order valence-electron chi connectivity index (χ1n) is 6.82. The number of rotatable bonds is 1. The van der Waals surface area contributed by atoms with Crippen LogP contribution < -0.4 is 10.1 Å². The highest BCUT2D eigenvalue weighted by Gasteiger charge is 2.35. The maximum Gasteiger partial charge on any atom is 0.265 e. The molecule has 3 heteroatoms. The van der Waals surface area contributed by atoms with Crippen molar-refractivity contribution in [3.8, 4) is 5.75 Å². The highest BCUT2D eigenvalue weighted by Crippen LogP contribution is 2.36. The molecule has 0 radical (unpaired) electrons. The molecule has 1 aliphatic carbocycles. The van der Waals surface area contributed by atoms with Gasteiger partial charge in [-0.1, -0.05) is 25.3 Å². The van der Waals surface area contributed by atoms with Gasteiger partial charge < -0.3 is 10.1 Å². The highest BCUT2D eigenvalue weighted by molar-refractivity contribution is 5.98. The van der Waals surface area contributed by atoms with Crippen LogP contribution in [0.2, 0.25) is 0 Å². The molecule has 0 bridgehead atoms. The second-order valence-corrected chi connectivity index (χ2v) is 5.43. The Bertz CT molecular complexity index is 464. The maximum atomic E-state index is 12.1. The minimum absolute atomic E-state index is 0.0262. The predicted molar refractivity (Wildman–Crippen MR) is 70.8 cm³/mol. The van der Waals surface area contributed by atoms with Crippen molar-refractivity contribution in [2.45, 2.75) is 45.1 Å². The topological polar surface area (TPSA) is 38.3 Å². The first-order chi connectivity index (χ1) is 8.74. The molecule has 0 spiro atoms. The summed E-state index contributed by atoms with van der Waals surface area (Å²) in [6, 6.07) is 5.91. The van der Waals surface area contributed by atoms with Gasteiger partial charge in [-0.25, -0.2) is 0 Å². The standard InChI is InChI=1S/C15H19NO2/c1-10-7-8-12-13(9-10)18-14(15(17)16-12)11-5-3-2-4-6-11/h7-9,11,14H,2-6H2,1H3,(H,16,17). The average Bonchev–Trinajstić information content (AvgIpc) is 2.39. The number of ether oxygens (including phenoxy) is 1. The van der Waals surface area contributed by atoms with E-state index in [1.807, 2.05) is 25.1 Å². The monoisotopic (exact) mass is 245 g/mol. The van der Waals surface area contributed by atoms with Gasteiger partial charge in [0.25, 0.3) is 5.91 Å².